The largest absolute Gasteiger partial charge is 0.466 e. The lowest BCUT2D eigenvalue weighted by molar-refractivity contribution is 0.495. The zero-order valence-corrected chi connectivity index (χ0v) is 13.0. The molecule has 1 atom stereocenters. The predicted octanol–water partition coefficient (Wildman–Crippen LogP) is 4.27. The van der Waals surface area contributed by atoms with Crippen molar-refractivity contribution in [1.29, 1.82) is 0 Å². The van der Waals surface area contributed by atoms with E-state index in [1.807, 2.05) is 33.0 Å². The molecule has 3 heteroatoms. The molecule has 1 unspecified atom stereocenters. The normalized spacial score (nSPS) is 12.8. The Bertz CT molecular complexity index is 620. The van der Waals surface area contributed by atoms with Crippen LogP contribution in [0.1, 0.15) is 45.4 Å². The Balaban J connectivity index is 2.58. The summed E-state index contributed by atoms with van der Waals surface area (Å²) in [6.07, 6.45) is 0. The average molecular weight is 275 g/mol. The van der Waals surface area contributed by atoms with Gasteiger partial charge in [-0.1, -0.05) is 12.1 Å². The molecule has 0 spiro atoms. The second kappa shape index (κ2) is 5.41. The van der Waals surface area contributed by atoms with Crippen molar-refractivity contribution in [3.63, 3.8) is 0 Å². The summed E-state index contributed by atoms with van der Waals surface area (Å²) in [5, 5.41) is 3.32. The minimum Gasteiger partial charge on any atom is -0.466 e. The molecule has 0 aliphatic carbocycles. The van der Waals surface area contributed by atoms with E-state index in [4.69, 9.17) is 4.42 Å². The van der Waals surface area contributed by atoms with Crippen LogP contribution < -0.4 is 5.32 Å². The van der Waals surface area contributed by atoms with E-state index in [0.717, 1.165) is 28.2 Å². The van der Waals surface area contributed by atoms with Gasteiger partial charge in [-0.05, 0) is 63.9 Å². The molecule has 0 amide bonds. The van der Waals surface area contributed by atoms with Crippen molar-refractivity contribution in [3.8, 4) is 0 Å². The van der Waals surface area contributed by atoms with Crippen LogP contribution >= 0.6 is 0 Å². The number of hydrogen-bond acceptors (Lipinski definition) is 2. The van der Waals surface area contributed by atoms with Gasteiger partial charge in [-0.15, -0.1) is 0 Å². The summed E-state index contributed by atoms with van der Waals surface area (Å²) in [6, 6.07) is 3.83. The molecule has 2 nitrogen and oxygen atoms in total. The third-order valence-electron chi connectivity index (χ3n) is 3.99. The molecule has 0 aliphatic heterocycles. The van der Waals surface area contributed by atoms with Crippen molar-refractivity contribution in [3.05, 3.63) is 57.3 Å². The van der Waals surface area contributed by atoms with Crippen LogP contribution in [0.4, 0.5) is 4.39 Å². The first-order valence-electron chi connectivity index (χ1n) is 6.87. The third kappa shape index (κ3) is 2.38. The Morgan fingerprint density at radius 1 is 1.00 bits per heavy atom. The van der Waals surface area contributed by atoms with Crippen molar-refractivity contribution in [2.75, 3.05) is 7.05 Å². The van der Waals surface area contributed by atoms with E-state index in [0.29, 0.717) is 11.1 Å². The quantitative estimate of drug-likeness (QED) is 0.905. The van der Waals surface area contributed by atoms with Crippen LogP contribution in [-0.4, -0.2) is 7.05 Å². The monoisotopic (exact) mass is 275 g/mol. The molecule has 0 saturated heterocycles. The SMILES string of the molecule is CNC(c1cc(C)c(F)c(C)c1)c1c(C)oc(C)c1C. The van der Waals surface area contributed by atoms with Gasteiger partial charge in [0.05, 0.1) is 6.04 Å². The lowest BCUT2D eigenvalue weighted by Gasteiger charge is -2.19. The van der Waals surface area contributed by atoms with Crippen LogP contribution in [0.3, 0.4) is 0 Å². The third-order valence-corrected chi connectivity index (χ3v) is 3.99. The second-order valence-electron chi connectivity index (χ2n) is 5.44. The smallest absolute Gasteiger partial charge is 0.129 e. The maximum absolute atomic E-state index is 13.8. The van der Waals surface area contributed by atoms with Crippen molar-refractivity contribution >= 4 is 0 Å². The van der Waals surface area contributed by atoms with E-state index < -0.39 is 0 Å². The lowest BCUT2D eigenvalue weighted by Crippen LogP contribution is -2.19. The lowest BCUT2D eigenvalue weighted by atomic mass is 9.93. The molecule has 1 aromatic heterocycles. The van der Waals surface area contributed by atoms with Crippen molar-refractivity contribution < 1.29 is 8.81 Å². The van der Waals surface area contributed by atoms with Crippen LogP contribution in [0.5, 0.6) is 0 Å². The van der Waals surface area contributed by atoms with E-state index in [-0.39, 0.29) is 11.9 Å². The molecule has 2 aromatic rings. The minimum atomic E-state index is -0.125. The van der Waals surface area contributed by atoms with E-state index >= 15 is 0 Å². The van der Waals surface area contributed by atoms with E-state index in [1.54, 1.807) is 13.8 Å². The molecule has 108 valence electrons. The molecular formula is C17H22FNO. The van der Waals surface area contributed by atoms with Crippen LogP contribution in [0, 0.1) is 40.4 Å². The highest BCUT2D eigenvalue weighted by atomic mass is 19.1. The summed E-state index contributed by atoms with van der Waals surface area (Å²) in [5.74, 6) is 1.73. The average Bonchev–Trinajstić information content (AvgIpc) is 2.63. The van der Waals surface area contributed by atoms with E-state index in [1.165, 1.54) is 0 Å². The fraction of sp³-hybridized carbons (Fsp3) is 0.412. The zero-order chi connectivity index (χ0) is 15.0. The van der Waals surface area contributed by atoms with Crippen LogP contribution in [0.25, 0.3) is 0 Å². The topological polar surface area (TPSA) is 25.2 Å². The maximum atomic E-state index is 13.8. The molecule has 0 fully saturated rings. The van der Waals surface area contributed by atoms with Crippen LogP contribution in [0.15, 0.2) is 16.5 Å². The predicted molar refractivity (Wildman–Crippen MR) is 79.7 cm³/mol. The van der Waals surface area contributed by atoms with Gasteiger partial charge in [0.25, 0.3) is 0 Å². The Morgan fingerprint density at radius 3 is 1.95 bits per heavy atom. The highest BCUT2D eigenvalue weighted by Gasteiger charge is 2.22. The first kappa shape index (κ1) is 14.8. The Labute approximate surface area is 120 Å². The van der Waals surface area contributed by atoms with Crippen LogP contribution in [0.2, 0.25) is 0 Å². The van der Waals surface area contributed by atoms with E-state index in [2.05, 4.69) is 12.2 Å². The second-order valence-corrected chi connectivity index (χ2v) is 5.44. The van der Waals surface area contributed by atoms with Gasteiger partial charge < -0.3 is 9.73 Å². The Hall–Kier alpha value is -1.61. The summed E-state index contributed by atoms with van der Waals surface area (Å²) >= 11 is 0. The maximum Gasteiger partial charge on any atom is 0.129 e. The molecule has 1 N–H and O–H groups in total. The highest BCUT2D eigenvalue weighted by molar-refractivity contribution is 5.43. The number of nitrogens with one attached hydrogen (secondary N) is 1. The van der Waals surface area contributed by atoms with Gasteiger partial charge in [-0.25, -0.2) is 4.39 Å². The van der Waals surface area contributed by atoms with Gasteiger partial charge in [0.1, 0.15) is 17.3 Å². The van der Waals surface area contributed by atoms with Crippen molar-refractivity contribution in [2.24, 2.45) is 0 Å². The summed E-state index contributed by atoms with van der Waals surface area (Å²) < 4.78 is 19.5. The molecule has 1 aromatic carbocycles. The first-order chi connectivity index (χ1) is 9.36. The van der Waals surface area contributed by atoms with Gasteiger partial charge in [-0.2, -0.15) is 0 Å². The van der Waals surface area contributed by atoms with Gasteiger partial charge in [0.2, 0.25) is 0 Å². The molecule has 0 aliphatic rings. The van der Waals surface area contributed by atoms with E-state index in [9.17, 15) is 4.39 Å². The Kier molecular flexibility index (Phi) is 4.00. The molecule has 20 heavy (non-hydrogen) atoms. The molecule has 0 saturated carbocycles. The summed E-state index contributed by atoms with van der Waals surface area (Å²) in [5.41, 5.74) is 4.72. The number of furan rings is 1. The number of benzene rings is 1. The van der Waals surface area contributed by atoms with Crippen LogP contribution in [-0.2, 0) is 0 Å². The molecular weight excluding hydrogens is 253 g/mol. The number of halogens is 1. The first-order valence-corrected chi connectivity index (χ1v) is 6.87. The molecule has 1 heterocycles. The summed E-state index contributed by atoms with van der Waals surface area (Å²) in [7, 11) is 1.92. The number of hydrogen-bond donors (Lipinski definition) is 1. The van der Waals surface area contributed by atoms with Crippen molar-refractivity contribution in [2.45, 2.75) is 40.7 Å². The summed E-state index contributed by atoms with van der Waals surface area (Å²) in [4.78, 5) is 0. The standard InChI is InChI=1S/C17H22FNO/c1-9-7-14(8-10(2)16(9)18)17(19-6)15-11(3)12(4)20-13(15)5/h7-8,17,19H,1-6H3. The van der Waals surface area contributed by atoms with Gasteiger partial charge in [-0.3, -0.25) is 0 Å². The molecule has 2 rings (SSSR count). The zero-order valence-electron chi connectivity index (χ0n) is 13.0. The van der Waals surface area contributed by atoms with Crippen molar-refractivity contribution in [1.82, 2.24) is 5.32 Å². The van der Waals surface area contributed by atoms with Gasteiger partial charge >= 0.3 is 0 Å². The fourth-order valence-electron chi connectivity index (χ4n) is 2.86. The number of rotatable bonds is 3. The van der Waals surface area contributed by atoms with Gasteiger partial charge in [0.15, 0.2) is 0 Å². The Morgan fingerprint density at radius 2 is 1.55 bits per heavy atom. The number of aryl methyl sites for hydroxylation is 4. The fourth-order valence-corrected chi connectivity index (χ4v) is 2.86. The molecule has 0 radical (unpaired) electrons. The highest BCUT2D eigenvalue weighted by Crippen LogP contribution is 2.32. The van der Waals surface area contributed by atoms with Gasteiger partial charge in [0, 0.05) is 5.56 Å². The summed E-state index contributed by atoms with van der Waals surface area (Å²) in [6.45, 7) is 9.62. The minimum absolute atomic E-state index is 0.0189. The molecule has 0 bridgehead atoms.